The zero-order chi connectivity index (χ0) is 18.4. The highest BCUT2D eigenvalue weighted by Gasteiger charge is 2.28. The summed E-state index contributed by atoms with van der Waals surface area (Å²) in [6, 6.07) is 2.06. The van der Waals surface area contributed by atoms with Crippen LogP contribution in [0.3, 0.4) is 0 Å². The highest BCUT2D eigenvalue weighted by atomic mass is 32.2. The van der Waals surface area contributed by atoms with Crippen LogP contribution >= 0.6 is 0 Å². The van der Waals surface area contributed by atoms with Gasteiger partial charge in [-0.15, -0.1) is 0 Å². The third-order valence-electron chi connectivity index (χ3n) is 6.23. The Balaban J connectivity index is 1.85. The van der Waals surface area contributed by atoms with Gasteiger partial charge in [0.15, 0.2) is 9.84 Å². The second-order valence-corrected chi connectivity index (χ2v) is 11.0. The first-order chi connectivity index (χ1) is 11.8. The fourth-order valence-electron chi connectivity index (χ4n) is 4.79. The van der Waals surface area contributed by atoms with Crippen LogP contribution in [0.1, 0.15) is 79.1 Å². The van der Waals surface area contributed by atoms with Crippen LogP contribution < -0.4 is 0 Å². The average Bonchev–Trinajstić information content (AvgIpc) is 3.20. The topological polar surface area (TPSA) is 40.6 Å². The van der Waals surface area contributed by atoms with Gasteiger partial charge in [0.05, 0.1) is 11.5 Å². The summed E-state index contributed by atoms with van der Waals surface area (Å²) in [5, 5.41) is 0. The van der Waals surface area contributed by atoms with Crippen molar-refractivity contribution in [1.29, 1.82) is 0 Å². The van der Waals surface area contributed by atoms with Crippen LogP contribution in [0.4, 0.5) is 0 Å². The number of hydrogen-bond donors (Lipinski definition) is 0. The highest BCUT2D eigenvalue weighted by molar-refractivity contribution is 7.91. The van der Waals surface area contributed by atoms with Gasteiger partial charge in [-0.05, 0) is 53.4 Å². The quantitative estimate of drug-likeness (QED) is 0.586. The molecule has 4 nitrogen and oxygen atoms in total. The molecular formula is C20H40N2O2S. The Morgan fingerprint density at radius 1 is 0.720 bits per heavy atom. The van der Waals surface area contributed by atoms with E-state index >= 15 is 0 Å². The van der Waals surface area contributed by atoms with E-state index in [2.05, 4.69) is 37.5 Å². The summed E-state index contributed by atoms with van der Waals surface area (Å²) in [6.07, 6.45) is 10.1. The van der Waals surface area contributed by atoms with Crippen LogP contribution in [0.5, 0.6) is 0 Å². The van der Waals surface area contributed by atoms with Gasteiger partial charge >= 0.3 is 0 Å². The first-order valence-electron chi connectivity index (χ1n) is 10.5. The summed E-state index contributed by atoms with van der Waals surface area (Å²) in [7, 11) is -2.98. The zero-order valence-corrected chi connectivity index (χ0v) is 17.7. The SMILES string of the molecule is CC(C)N(CCS(=O)(=O)CCN(C(C)C)C1CCCC1)C1CCCC1. The lowest BCUT2D eigenvalue weighted by atomic mass is 10.1. The molecule has 0 spiro atoms. The van der Waals surface area contributed by atoms with Gasteiger partial charge in [0, 0.05) is 37.3 Å². The molecular weight excluding hydrogens is 332 g/mol. The van der Waals surface area contributed by atoms with Gasteiger partial charge in [-0.3, -0.25) is 9.80 Å². The first kappa shape index (κ1) is 21.2. The summed E-state index contributed by atoms with van der Waals surface area (Å²) in [4.78, 5) is 4.86. The van der Waals surface area contributed by atoms with Crippen molar-refractivity contribution in [1.82, 2.24) is 9.80 Å². The van der Waals surface area contributed by atoms with Crippen molar-refractivity contribution >= 4 is 9.84 Å². The summed E-state index contributed by atoms with van der Waals surface area (Å²) in [5.74, 6) is 0.635. The molecule has 2 aliphatic rings. The normalized spacial score (nSPS) is 20.8. The molecule has 0 N–H and O–H groups in total. The van der Waals surface area contributed by atoms with Crippen LogP contribution in [-0.4, -0.2) is 67.0 Å². The largest absolute Gasteiger partial charge is 0.297 e. The average molecular weight is 373 g/mol. The van der Waals surface area contributed by atoms with Gasteiger partial charge in [-0.2, -0.15) is 0 Å². The van der Waals surface area contributed by atoms with Crippen molar-refractivity contribution in [2.24, 2.45) is 0 Å². The van der Waals surface area contributed by atoms with E-state index in [1.807, 2.05) is 0 Å². The summed E-state index contributed by atoms with van der Waals surface area (Å²) < 4.78 is 25.3. The van der Waals surface area contributed by atoms with E-state index in [1.54, 1.807) is 0 Å². The van der Waals surface area contributed by atoms with Crippen molar-refractivity contribution in [3.05, 3.63) is 0 Å². The Morgan fingerprint density at radius 3 is 1.32 bits per heavy atom. The molecule has 2 rings (SSSR count). The van der Waals surface area contributed by atoms with E-state index in [-0.39, 0.29) is 0 Å². The number of nitrogens with zero attached hydrogens (tertiary/aromatic N) is 2. The fourth-order valence-corrected chi connectivity index (χ4v) is 5.97. The summed E-state index contributed by atoms with van der Waals surface area (Å²) in [6.45, 7) is 10.2. The fraction of sp³-hybridized carbons (Fsp3) is 1.00. The molecule has 0 unspecified atom stereocenters. The lowest BCUT2D eigenvalue weighted by molar-refractivity contribution is 0.163. The number of hydrogen-bond acceptors (Lipinski definition) is 4. The monoisotopic (exact) mass is 372 g/mol. The van der Waals surface area contributed by atoms with Crippen molar-refractivity contribution in [3.8, 4) is 0 Å². The predicted octanol–water partition coefficient (Wildman–Crippen LogP) is 3.71. The van der Waals surface area contributed by atoms with Crippen molar-refractivity contribution in [2.45, 2.75) is 103 Å². The molecule has 2 aliphatic carbocycles. The van der Waals surface area contributed by atoms with Crippen LogP contribution in [0.25, 0.3) is 0 Å². The minimum Gasteiger partial charge on any atom is -0.297 e. The summed E-state index contributed by atoms with van der Waals surface area (Å²) >= 11 is 0. The van der Waals surface area contributed by atoms with E-state index < -0.39 is 9.84 Å². The molecule has 0 aromatic heterocycles. The molecule has 25 heavy (non-hydrogen) atoms. The molecule has 0 amide bonds. The molecule has 0 aromatic rings. The molecule has 0 aliphatic heterocycles. The highest BCUT2D eigenvalue weighted by Crippen LogP contribution is 2.26. The van der Waals surface area contributed by atoms with Crippen LogP contribution in [0.2, 0.25) is 0 Å². The predicted molar refractivity (Wildman–Crippen MR) is 107 cm³/mol. The number of sulfone groups is 1. The number of rotatable bonds is 10. The summed E-state index contributed by atoms with van der Waals surface area (Å²) in [5.41, 5.74) is 0. The van der Waals surface area contributed by atoms with Gasteiger partial charge in [0.25, 0.3) is 0 Å². The van der Waals surface area contributed by atoms with Gasteiger partial charge in [-0.25, -0.2) is 8.42 Å². The second kappa shape index (κ2) is 9.70. The molecule has 0 radical (unpaired) electrons. The molecule has 2 fully saturated rings. The van der Waals surface area contributed by atoms with Crippen LogP contribution in [-0.2, 0) is 9.84 Å². The molecule has 2 saturated carbocycles. The maximum atomic E-state index is 12.7. The Kier molecular flexibility index (Phi) is 8.22. The van der Waals surface area contributed by atoms with Crippen LogP contribution in [0.15, 0.2) is 0 Å². The van der Waals surface area contributed by atoms with Gasteiger partial charge in [0.1, 0.15) is 0 Å². The third-order valence-corrected chi connectivity index (χ3v) is 7.84. The lowest BCUT2D eigenvalue weighted by Crippen LogP contribution is -2.44. The van der Waals surface area contributed by atoms with Crippen molar-refractivity contribution < 1.29 is 8.42 Å². The standard InChI is InChI=1S/C20H40N2O2S/c1-17(2)21(19-9-5-6-10-19)13-15-25(23,24)16-14-22(18(3)4)20-11-7-8-12-20/h17-20H,5-16H2,1-4H3. The van der Waals surface area contributed by atoms with E-state index in [1.165, 1.54) is 51.4 Å². The van der Waals surface area contributed by atoms with Crippen molar-refractivity contribution in [3.63, 3.8) is 0 Å². The van der Waals surface area contributed by atoms with Gasteiger partial charge in [0.2, 0.25) is 0 Å². The van der Waals surface area contributed by atoms with Crippen LogP contribution in [0, 0.1) is 0 Å². The second-order valence-electron chi connectivity index (χ2n) is 8.69. The Bertz CT molecular complexity index is 440. The molecule has 0 heterocycles. The van der Waals surface area contributed by atoms with Gasteiger partial charge < -0.3 is 0 Å². The lowest BCUT2D eigenvalue weighted by Gasteiger charge is -2.33. The van der Waals surface area contributed by atoms with E-state index in [0.717, 1.165) is 0 Å². The van der Waals surface area contributed by atoms with Gasteiger partial charge in [-0.1, -0.05) is 25.7 Å². The minimum absolute atomic E-state index is 0.318. The molecule has 0 bridgehead atoms. The molecule has 5 heteroatoms. The molecule has 0 saturated heterocycles. The Labute approximate surface area is 156 Å². The Hall–Kier alpha value is -0.130. The van der Waals surface area contributed by atoms with E-state index in [9.17, 15) is 8.42 Å². The smallest absolute Gasteiger partial charge is 0.152 e. The zero-order valence-electron chi connectivity index (χ0n) is 16.9. The van der Waals surface area contributed by atoms with E-state index in [0.29, 0.717) is 48.8 Å². The third kappa shape index (κ3) is 6.51. The van der Waals surface area contributed by atoms with Crippen molar-refractivity contribution in [2.75, 3.05) is 24.6 Å². The maximum absolute atomic E-state index is 12.7. The Morgan fingerprint density at radius 2 is 1.04 bits per heavy atom. The minimum atomic E-state index is -2.98. The van der Waals surface area contributed by atoms with E-state index in [4.69, 9.17) is 0 Å². The molecule has 0 aromatic carbocycles. The molecule has 0 atom stereocenters. The first-order valence-corrected chi connectivity index (χ1v) is 12.3. The molecule has 148 valence electrons. The maximum Gasteiger partial charge on any atom is 0.152 e.